The van der Waals surface area contributed by atoms with E-state index in [4.69, 9.17) is 27.9 Å². The molecule has 1 aliphatic rings. The molecule has 4 rings (SSSR count). The van der Waals surface area contributed by atoms with Crippen molar-refractivity contribution < 1.29 is 9.53 Å². The monoisotopic (exact) mass is 372 g/mol. The maximum Gasteiger partial charge on any atom is 0.232 e. The lowest BCUT2D eigenvalue weighted by atomic mass is 9.92. The number of fused-ring (bicyclic) bond motifs is 2. The summed E-state index contributed by atoms with van der Waals surface area (Å²) in [5, 5.41) is 5.75. The number of rotatable bonds is 2. The molecule has 1 N–H and O–H groups in total. The summed E-state index contributed by atoms with van der Waals surface area (Å²) < 4.78 is 5.62. The maximum atomic E-state index is 12.9. The van der Waals surface area contributed by atoms with Crippen LogP contribution in [0.1, 0.15) is 17.9 Å². The van der Waals surface area contributed by atoms with E-state index >= 15 is 0 Å². The molecule has 2 heterocycles. The maximum absolute atomic E-state index is 12.9. The molecule has 1 aromatic heterocycles. The van der Waals surface area contributed by atoms with Gasteiger partial charge in [-0.1, -0.05) is 47.5 Å². The van der Waals surface area contributed by atoms with E-state index in [0.717, 1.165) is 16.3 Å². The average molecular weight is 373 g/mol. The van der Waals surface area contributed by atoms with Crippen LogP contribution in [0.15, 0.2) is 48.8 Å². The number of hydrogen-bond acceptors (Lipinski definition) is 3. The summed E-state index contributed by atoms with van der Waals surface area (Å²) in [6, 6.07) is 11.2. The van der Waals surface area contributed by atoms with Crippen LogP contribution in [0.2, 0.25) is 10.0 Å². The number of amides is 1. The summed E-state index contributed by atoms with van der Waals surface area (Å²) in [5.41, 5.74) is 1.45. The Morgan fingerprint density at radius 2 is 1.96 bits per heavy atom. The second kappa shape index (κ2) is 6.54. The van der Waals surface area contributed by atoms with E-state index in [-0.39, 0.29) is 11.8 Å². The molecule has 0 unspecified atom stereocenters. The van der Waals surface area contributed by atoms with Gasteiger partial charge < -0.3 is 10.1 Å². The molecule has 0 fully saturated rings. The third-order valence-electron chi connectivity index (χ3n) is 4.33. The van der Waals surface area contributed by atoms with E-state index in [2.05, 4.69) is 10.3 Å². The first kappa shape index (κ1) is 16.2. The van der Waals surface area contributed by atoms with Gasteiger partial charge in [0.2, 0.25) is 5.91 Å². The van der Waals surface area contributed by atoms with Crippen LogP contribution >= 0.6 is 23.2 Å². The Kier molecular flexibility index (Phi) is 4.24. The normalized spacial score (nSPS) is 16.2. The van der Waals surface area contributed by atoms with Crippen molar-refractivity contribution in [3.05, 3.63) is 64.4 Å². The van der Waals surface area contributed by atoms with Crippen molar-refractivity contribution >= 4 is 45.6 Å². The predicted molar refractivity (Wildman–Crippen MR) is 99.7 cm³/mol. The fourth-order valence-electron chi connectivity index (χ4n) is 3.09. The molecule has 2 aromatic carbocycles. The second-order valence-corrected chi connectivity index (χ2v) is 6.71. The summed E-state index contributed by atoms with van der Waals surface area (Å²) >= 11 is 12.2. The van der Waals surface area contributed by atoms with Crippen molar-refractivity contribution in [2.24, 2.45) is 0 Å². The Labute approximate surface area is 154 Å². The minimum Gasteiger partial charge on any atom is -0.493 e. The average Bonchev–Trinajstić information content (AvgIpc) is 2.62. The second-order valence-electron chi connectivity index (χ2n) is 5.89. The van der Waals surface area contributed by atoms with E-state index in [1.807, 2.05) is 24.3 Å². The van der Waals surface area contributed by atoms with Gasteiger partial charge in [-0.15, -0.1) is 0 Å². The van der Waals surface area contributed by atoms with Crippen LogP contribution < -0.4 is 10.1 Å². The number of halogens is 2. The fraction of sp³-hybridized carbons (Fsp3) is 0.158. The topological polar surface area (TPSA) is 51.2 Å². The van der Waals surface area contributed by atoms with Crippen molar-refractivity contribution in [3.63, 3.8) is 0 Å². The molecule has 3 aromatic rings. The molecule has 1 atom stereocenters. The number of carbonyl (C=O) groups excluding carboxylic acids is 1. The van der Waals surface area contributed by atoms with E-state index in [9.17, 15) is 4.79 Å². The lowest BCUT2D eigenvalue weighted by molar-refractivity contribution is -0.118. The third kappa shape index (κ3) is 3.03. The van der Waals surface area contributed by atoms with Crippen molar-refractivity contribution in [2.75, 3.05) is 11.9 Å². The number of carbonyl (C=O) groups is 1. The van der Waals surface area contributed by atoms with Gasteiger partial charge in [-0.2, -0.15) is 0 Å². The molecule has 1 amide bonds. The first-order chi connectivity index (χ1) is 12.1. The predicted octanol–water partition coefficient (Wildman–Crippen LogP) is 5.05. The van der Waals surface area contributed by atoms with Gasteiger partial charge in [-0.3, -0.25) is 9.78 Å². The molecule has 0 aliphatic carbocycles. The number of hydrogen-bond donors (Lipinski definition) is 1. The standard InChI is InChI=1S/C19H14Cl2N2O2/c20-15-7-14-13(5-6-25-18(14)8-16(15)21)19(24)23-17-10-22-9-11-3-1-2-4-12(11)17/h1-4,7-10,13H,5-6H2,(H,23,24)/t13-/m1/s1. The SMILES string of the molecule is O=C(Nc1cncc2ccccc12)[C@@H]1CCOc2cc(Cl)c(Cl)cc21. The number of benzene rings is 2. The Morgan fingerprint density at radius 3 is 2.84 bits per heavy atom. The van der Waals surface area contributed by atoms with Crippen molar-refractivity contribution in [1.29, 1.82) is 0 Å². The van der Waals surface area contributed by atoms with Crippen LogP contribution in [0.5, 0.6) is 5.75 Å². The minimum atomic E-state index is -0.350. The van der Waals surface area contributed by atoms with Crippen LogP contribution in [-0.2, 0) is 4.79 Å². The molecule has 25 heavy (non-hydrogen) atoms. The summed E-state index contributed by atoms with van der Waals surface area (Å²) in [5.74, 6) is 0.149. The number of anilines is 1. The summed E-state index contributed by atoms with van der Waals surface area (Å²) in [4.78, 5) is 17.1. The Hall–Kier alpha value is -2.30. The Morgan fingerprint density at radius 1 is 1.16 bits per heavy atom. The first-order valence-electron chi connectivity index (χ1n) is 7.89. The lowest BCUT2D eigenvalue weighted by Crippen LogP contribution is -2.26. The van der Waals surface area contributed by atoms with Gasteiger partial charge in [0.05, 0.1) is 34.5 Å². The molecule has 6 heteroatoms. The fourth-order valence-corrected chi connectivity index (χ4v) is 3.42. The highest BCUT2D eigenvalue weighted by Crippen LogP contribution is 2.39. The zero-order valence-electron chi connectivity index (χ0n) is 13.1. The summed E-state index contributed by atoms with van der Waals surface area (Å²) in [7, 11) is 0. The number of aromatic nitrogens is 1. The van der Waals surface area contributed by atoms with Gasteiger partial charge in [0, 0.05) is 28.6 Å². The van der Waals surface area contributed by atoms with E-state index < -0.39 is 0 Å². The van der Waals surface area contributed by atoms with Crippen LogP contribution in [0, 0.1) is 0 Å². The highest BCUT2D eigenvalue weighted by molar-refractivity contribution is 6.42. The Balaban J connectivity index is 1.67. The molecule has 4 nitrogen and oxygen atoms in total. The van der Waals surface area contributed by atoms with Gasteiger partial charge in [0.25, 0.3) is 0 Å². The third-order valence-corrected chi connectivity index (χ3v) is 5.06. The zero-order valence-corrected chi connectivity index (χ0v) is 14.6. The zero-order chi connectivity index (χ0) is 17.4. The molecule has 0 bridgehead atoms. The molecule has 0 saturated carbocycles. The molecule has 126 valence electrons. The van der Waals surface area contributed by atoms with Gasteiger partial charge in [-0.25, -0.2) is 0 Å². The number of nitrogens with one attached hydrogen (secondary N) is 1. The summed E-state index contributed by atoms with van der Waals surface area (Å²) in [6.07, 6.45) is 4.01. The smallest absolute Gasteiger partial charge is 0.232 e. The van der Waals surface area contributed by atoms with E-state index in [1.165, 1.54) is 0 Å². The van der Waals surface area contributed by atoms with Crippen LogP contribution in [0.4, 0.5) is 5.69 Å². The van der Waals surface area contributed by atoms with Crippen LogP contribution in [-0.4, -0.2) is 17.5 Å². The molecule has 0 saturated heterocycles. The quantitative estimate of drug-likeness (QED) is 0.684. The minimum absolute atomic E-state index is 0.110. The number of pyridine rings is 1. The Bertz CT molecular complexity index is 970. The largest absolute Gasteiger partial charge is 0.493 e. The highest BCUT2D eigenvalue weighted by atomic mass is 35.5. The van der Waals surface area contributed by atoms with Crippen LogP contribution in [0.25, 0.3) is 10.8 Å². The van der Waals surface area contributed by atoms with Crippen LogP contribution in [0.3, 0.4) is 0 Å². The molecule has 0 radical (unpaired) electrons. The first-order valence-corrected chi connectivity index (χ1v) is 8.64. The summed E-state index contributed by atoms with van der Waals surface area (Å²) in [6.45, 7) is 0.455. The van der Waals surface area contributed by atoms with Crippen molar-refractivity contribution in [2.45, 2.75) is 12.3 Å². The molecule has 1 aliphatic heterocycles. The van der Waals surface area contributed by atoms with Gasteiger partial charge in [0.15, 0.2) is 0 Å². The van der Waals surface area contributed by atoms with Gasteiger partial charge in [-0.05, 0) is 12.5 Å². The van der Waals surface area contributed by atoms with Gasteiger partial charge in [0.1, 0.15) is 5.75 Å². The number of ether oxygens (including phenoxy) is 1. The molecular formula is C19H14Cl2N2O2. The van der Waals surface area contributed by atoms with Crippen molar-refractivity contribution in [3.8, 4) is 5.75 Å². The lowest BCUT2D eigenvalue weighted by Gasteiger charge is -2.26. The van der Waals surface area contributed by atoms with E-state index in [1.54, 1.807) is 24.5 Å². The number of nitrogens with zero attached hydrogens (tertiary/aromatic N) is 1. The highest BCUT2D eigenvalue weighted by Gasteiger charge is 2.29. The molecule has 0 spiro atoms. The van der Waals surface area contributed by atoms with Crippen molar-refractivity contribution in [1.82, 2.24) is 4.98 Å². The van der Waals surface area contributed by atoms with E-state index in [0.29, 0.717) is 34.5 Å². The molecular weight excluding hydrogens is 359 g/mol. The van der Waals surface area contributed by atoms with Gasteiger partial charge >= 0.3 is 0 Å².